The molecule has 6 nitrogen and oxygen atoms in total. The lowest BCUT2D eigenvalue weighted by Gasteiger charge is -2.32. The van der Waals surface area contributed by atoms with Crippen molar-refractivity contribution in [3.63, 3.8) is 0 Å². The number of benzene rings is 2. The van der Waals surface area contributed by atoms with E-state index >= 15 is 0 Å². The zero-order valence-corrected chi connectivity index (χ0v) is 20.3. The predicted octanol–water partition coefficient (Wildman–Crippen LogP) is 6.01. The normalized spacial score (nSPS) is 25.0. The van der Waals surface area contributed by atoms with Crippen molar-refractivity contribution in [3.05, 3.63) is 71.4 Å². The molecule has 4 aromatic rings. The van der Waals surface area contributed by atoms with Crippen molar-refractivity contribution >= 4 is 27.9 Å². The highest BCUT2D eigenvalue weighted by Crippen LogP contribution is 2.43. The third-order valence-corrected chi connectivity index (χ3v) is 8.17. The monoisotopic (exact) mass is 487 g/mol. The van der Waals surface area contributed by atoms with Gasteiger partial charge in [0.1, 0.15) is 17.7 Å². The van der Waals surface area contributed by atoms with Gasteiger partial charge < -0.3 is 14.8 Å². The molecule has 0 spiro atoms. The minimum absolute atomic E-state index is 0.195. The third-order valence-electron chi connectivity index (χ3n) is 8.17. The molecule has 2 aliphatic rings. The Morgan fingerprint density at radius 3 is 2.64 bits per heavy atom. The second-order valence-corrected chi connectivity index (χ2v) is 10.5. The quantitative estimate of drug-likeness (QED) is 0.337. The summed E-state index contributed by atoms with van der Waals surface area (Å²) >= 11 is 0. The van der Waals surface area contributed by atoms with Crippen molar-refractivity contribution in [2.75, 3.05) is 0 Å². The number of fused-ring (bicyclic) bond motifs is 2. The summed E-state index contributed by atoms with van der Waals surface area (Å²) in [5.41, 5.74) is 4.21. The number of pyridine rings is 1. The van der Waals surface area contributed by atoms with Crippen LogP contribution in [0.2, 0.25) is 0 Å². The molecule has 2 aromatic carbocycles. The predicted molar refractivity (Wildman–Crippen MR) is 135 cm³/mol. The molecular formula is C29H30FN3O3. The number of nitrogens with zero attached hydrogens (tertiary/aromatic N) is 2. The molecule has 0 bridgehead atoms. The van der Waals surface area contributed by atoms with Crippen LogP contribution in [0.25, 0.3) is 21.9 Å². The van der Waals surface area contributed by atoms with E-state index in [-0.39, 0.29) is 29.9 Å². The summed E-state index contributed by atoms with van der Waals surface area (Å²) in [6.07, 6.45) is 6.56. The summed E-state index contributed by atoms with van der Waals surface area (Å²) in [6, 6.07) is 12.3. The molecule has 1 atom stereocenters. The van der Waals surface area contributed by atoms with Crippen LogP contribution in [-0.2, 0) is 4.74 Å². The van der Waals surface area contributed by atoms with Crippen molar-refractivity contribution in [1.82, 2.24) is 15.0 Å². The number of rotatable bonds is 5. The Balaban J connectivity index is 1.13. The second-order valence-electron chi connectivity index (χ2n) is 10.5. The smallest absolute Gasteiger partial charge is 0.338 e. The largest absolute Gasteiger partial charge is 0.459 e. The molecule has 0 aliphatic heterocycles. The van der Waals surface area contributed by atoms with Crippen LogP contribution in [0.15, 0.2) is 48.7 Å². The number of carbonyl (C=O) groups is 1. The molecule has 36 heavy (non-hydrogen) atoms. The number of hydrogen-bond acceptors (Lipinski definition) is 5. The maximum Gasteiger partial charge on any atom is 0.338 e. The van der Waals surface area contributed by atoms with E-state index in [9.17, 15) is 14.3 Å². The van der Waals surface area contributed by atoms with Gasteiger partial charge in [-0.3, -0.25) is 4.98 Å². The van der Waals surface area contributed by atoms with E-state index < -0.39 is 0 Å². The molecule has 0 unspecified atom stereocenters. The minimum atomic E-state index is -0.361. The number of aromatic amines is 1. The number of imidazole rings is 1. The number of carbonyl (C=O) groups excluding carboxylic acids is 1. The van der Waals surface area contributed by atoms with E-state index in [4.69, 9.17) is 9.72 Å². The Kier molecular flexibility index (Phi) is 5.96. The van der Waals surface area contributed by atoms with Gasteiger partial charge in [-0.05, 0) is 85.5 Å². The molecular weight excluding hydrogens is 457 g/mol. The lowest BCUT2D eigenvalue weighted by Crippen LogP contribution is -2.36. The number of aliphatic hydroxyl groups excluding tert-OH is 1. The van der Waals surface area contributed by atoms with Crippen LogP contribution in [0.4, 0.5) is 4.39 Å². The summed E-state index contributed by atoms with van der Waals surface area (Å²) in [5.74, 6) is 1.53. The van der Waals surface area contributed by atoms with Gasteiger partial charge in [0.05, 0.1) is 28.2 Å². The summed E-state index contributed by atoms with van der Waals surface area (Å²) in [4.78, 5) is 25.1. The summed E-state index contributed by atoms with van der Waals surface area (Å²) in [6.45, 7) is 2.22. The Morgan fingerprint density at radius 2 is 1.86 bits per heavy atom. The maximum atomic E-state index is 13.9. The first-order chi connectivity index (χ1) is 17.4. The van der Waals surface area contributed by atoms with Crippen molar-refractivity contribution in [1.29, 1.82) is 0 Å². The molecule has 2 aromatic heterocycles. The number of H-pyrrole nitrogens is 1. The molecule has 6 rings (SSSR count). The number of ether oxygens (including phenoxy) is 1. The summed E-state index contributed by atoms with van der Waals surface area (Å²) in [5, 5.41) is 10.3. The molecule has 2 heterocycles. The molecule has 2 N–H and O–H groups in total. The maximum absolute atomic E-state index is 13.9. The van der Waals surface area contributed by atoms with Gasteiger partial charge in [-0.1, -0.05) is 6.92 Å². The van der Waals surface area contributed by atoms with Gasteiger partial charge in [0.25, 0.3) is 0 Å². The zero-order chi connectivity index (χ0) is 24.8. The highest BCUT2D eigenvalue weighted by molar-refractivity contribution is 5.93. The van der Waals surface area contributed by atoms with E-state index in [1.807, 2.05) is 18.3 Å². The Bertz CT molecular complexity index is 1420. The van der Waals surface area contributed by atoms with Gasteiger partial charge in [0.2, 0.25) is 0 Å². The number of esters is 1. The van der Waals surface area contributed by atoms with Gasteiger partial charge in [-0.15, -0.1) is 0 Å². The van der Waals surface area contributed by atoms with Crippen LogP contribution in [-0.4, -0.2) is 38.2 Å². The summed E-state index contributed by atoms with van der Waals surface area (Å²) < 4.78 is 19.4. The lowest BCUT2D eigenvalue weighted by atomic mass is 9.73. The average Bonchev–Trinajstić information content (AvgIpc) is 3.30. The van der Waals surface area contributed by atoms with Crippen LogP contribution < -0.4 is 0 Å². The number of nitrogens with one attached hydrogen (secondary N) is 1. The second kappa shape index (κ2) is 9.28. The van der Waals surface area contributed by atoms with Gasteiger partial charge in [-0.2, -0.15) is 0 Å². The summed E-state index contributed by atoms with van der Waals surface area (Å²) in [7, 11) is 0. The molecule has 186 valence electrons. The Labute approximate surface area is 208 Å². The number of hydrogen-bond donors (Lipinski definition) is 2. The lowest BCUT2D eigenvalue weighted by molar-refractivity contribution is -0.0466. The van der Waals surface area contributed by atoms with E-state index in [0.717, 1.165) is 53.4 Å². The van der Waals surface area contributed by atoms with Gasteiger partial charge >= 0.3 is 5.97 Å². The molecule has 7 heteroatoms. The fourth-order valence-corrected chi connectivity index (χ4v) is 5.87. The van der Waals surface area contributed by atoms with Crippen LogP contribution in [0.1, 0.15) is 79.0 Å². The highest BCUT2D eigenvalue weighted by atomic mass is 19.1. The number of halogens is 1. The topological polar surface area (TPSA) is 88.1 Å². The van der Waals surface area contributed by atoms with E-state index in [1.54, 1.807) is 24.3 Å². The van der Waals surface area contributed by atoms with Crippen LogP contribution in [0.5, 0.6) is 0 Å². The highest BCUT2D eigenvalue weighted by Gasteiger charge is 2.31. The fourth-order valence-electron chi connectivity index (χ4n) is 5.87. The van der Waals surface area contributed by atoms with Gasteiger partial charge in [0.15, 0.2) is 0 Å². The van der Waals surface area contributed by atoms with Crippen LogP contribution in [0.3, 0.4) is 0 Å². The standard InChI is InChI=1S/C29H30FN3O3/c1-16(17-2-4-18(5-3-17)23-10-11-31-25-9-7-20(30)13-24(23)25)28-32-26-8-6-19(12-27(26)33-28)29(35)36-22-14-21(34)15-22/h6-13,16-18,21-22,34H,2-5,14-15H2,1H3,(H,32,33)/t16-,17-,18+,21?,22?/m1/s1. The minimum Gasteiger partial charge on any atom is -0.459 e. The number of aromatic nitrogens is 3. The first kappa shape index (κ1) is 23.1. The fraction of sp³-hybridized carbons (Fsp3) is 0.414. The Morgan fingerprint density at radius 1 is 1.08 bits per heavy atom. The molecule has 2 fully saturated rings. The van der Waals surface area contributed by atoms with Crippen molar-refractivity contribution in [3.8, 4) is 0 Å². The van der Waals surface area contributed by atoms with E-state index in [2.05, 4.69) is 16.9 Å². The van der Waals surface area contributed by atoms with Crippen molar-refractivity contribution < 1.29 is 19.0 Å². The first-order valence-corrected chi connectivity index (χ1v) is 12.9. The van der Waals surface area contributed by atoms with Crippen LogP contribution >= 0.6 is 0 Å². The van der Waals surface area contributed by atoms with E-state index in [1.165, 1.54) is 11.6 Å². The SMILES string of the molecule is C[C@@H](c1nc2ccc(C(=O)OC3CC(O)C3)cc2[nH]1)[C@H]1CC[C@@H](c2ccnc3ccc(F)cc32)CC1. The van der Waals surface area contributed by atoms with Crippen molar-refractivity contribution in [2.45, 2.75) is 69.5 Å². The van der Waals surface area contributed by atoms with E-state index in [0.29, 0.717) is 30.2 Å². The molecule has 0 amide bonds. The molecule has 0 saturated heterocycles. The third kappa shape index (κ3) is 4.37. The zero-order valence-electron chi connectivity index (χ0n) is 20.3. The first-order valence-electron chi connectivity index (χ1n) is 12.9. The number of aliphatic hydroxyl groups is 1. The van der Waals surface area contributed by atoms with Crippen LogP contribution in [0, 0.1) is 11.7 Å². The molecule has 2 saturated carbocycles. The van der Waals surface area contributed by atoms with Gasteiger partial charge in [-0.25, -0.2) is 14.2 Å². The average molecular weight is 488 g/mol. The van der Waals surface area contributed by atoms with Gasteiger partial charge in [0, 0.05) is 30.3 Å². The molecule has 2 aliphatic carbocycles. The molecule has 0 radical (unpaired) electrons. The Hall–Kier alpha value is -3.32. The van der Waals surface area contributed by atoms with Crippen molar-refractivity contribution in [2.24, 2.45) is 5.92 Å².